The molecule has 2 heterocycles. The van der Waals surface area contributed by atoms with Crippen LogP contribution in [0.25, 0.3) is 0 Å². The summed E-state index contributed by atoms with van der Waals surface area (Å²) in [4.78, 5) is 19.8. The lowest BCUT2D eigenvalue weighted by atomic mass is 10.1. The maximum Gasteiger partial charge on any atom is 0.222 e. The molecule has 5 nitrogen and oxygen atoms in total. The fourth-order valence-corrected chi connectivity index (χ4v) is 2.36. The van der Waals surface area contributed by atoms with Crippen molar-refractivity contribution in [3.63, 3.8) is 0 Å². The van der Waals surface area contributed by atoms with Gasteiger partial charge in [0.25, 0.3) is 0 Å². The molecule has 0 aromatic carbocycles. The van der Waals surface area contributed by atoms with Gasteiger partial charge >= 0.3 is 0 Å². The molecule has 1 aromatic heterocycles. The minimum Gasteiger partial charge on any atom is -0.395 e. The second-order valence-corrected chi connectivity index (χ2v) is 4.96. The molecular weight excluding hydrogens is 261 g/mol. The van der Waals surface area contributed by atoms with Crippen molar-refractivity contribution >= 4 is 5.91 Å². The summed E-state index contributed by atoms with van der Waals surface area (Å²) >= 11 is 0. The topological polar surface area (TPSA) is 56.7 Å². The first-order chi connectivity index (χ1) is 9.69. The second-order valence-electron chi connectivity index (χ2n) is 4.96. The Balaban J connectivity index is 1.76. The first kappa shape index (κ1) is 14.9. The largest absolute Gasteiger partial charge is 0.395 e. The average Bonchev–Trinajstić information content (AvgIpc) is 2.46. The first-order valence-electron chi connectivity index (χ1n) is 6.89. The van der Waals surface area contributed by atoms with Gasteiger partial charge in [0.05, 0.1) is 12.8 Å². The maximum atomic E-state index is 13.0. The Morgan fingerprint density at radius 1 is 1.30 bits per heavy atom. The van der Waals surface area contributed by atoms with Crippen LogP contribution in [0.2, 0.25) is 0 Å². The van der Waals surface area contributed by atoms with Gasteiger partial charge in [-0.3, -0.25) is 14.7 Å². The van der Waals surface area contributed by atoms with Crippen LogP contribution in [-0.4, -0.2) is 65.1 Å². The highest BCUT2D eigenvalue weighted by Gasteiger charge is 2.20. The molecule has 0 unspecified atom stereocenters. The van der Waals surface area contributed by atoms with Crippen molar-refractivity contribution in [2.24, 2.45) is 0 Å². The Morgan fingerprint density at radius 3 is 2.70 bits per heavy atom. The van der Waals surface area contributed by atoms with Gasteiger partial charge in [0, 0.05) is 45.3 Å². The van der Waals surface area contributed by atoms with E-state index in [0.717, 1.165) is 24.8 Å². The van der Waals surface area contributed by atoms with Crippen LogP contribution in [0.4, 0.5) is 4.39 Å². The number of piperazine rings is 1. The van der Waals surface area contributed by atoms with E-state index in [1.54, 1.807) is 6.20 Å². The number of carbonyl (C=O) groups is 1. The van der Waals surface area contributed by atoms with E-state index < -0.39 is 0 Å². The van der Waals surface area contributed by atoms with Gasteiger partial charge in [0.2, 0.25) is 5.91 Å². The molecule has 1 aliphatic rings. The van der Waals surface area contributed by atoms with Gasteiger partial charge in [-0.05, 0) is 18.1 Å². The van der Waals surface area contributed by atoms with E-state index in [9.17, 15) is 9.18 Å². The van der Waals surface area contributed by atoms with Crippen molar-refractivity contribution < 1.29 is 14.3 Å². The zero-order valence-corrected chi connectivity index (χ0v) is 11.5. The molecule has 1 amide bonds. The highest BCUT2D eigenvalue weighted by atomic mass is 19.1. The standard InChI is InChI=1S/C14H20FN3O2/c15-13-9-12(10-16-11-13)1-2-14(20)18-5-3-17(4-6-18)7-8-19/h9-11,19H,1-8H2. The summed E-state index contributed by atoms with van der Waals surface area (Å²) in [6.07, 6.45) is 3.65. The first-order valence-corrected chi connectivity index (χ1v) is 6.89. The Morgan fingerprint density at radius 2 is 2.05 bits per heavy atom. The molecule has 1 fully saturated rings. The van der Waals surface area contributed by atoms with Crippen LogP contribution in [-0.2, 0) is 11.2 Å². The zero-order valence-electron chi connectivity index (χ0n) is 11.5. The fourth-order valence-electron chi connectivity index (χ4n) is 2.36. The number of rotatable bonds is 5. The quantitative estimate of drug-likeness (QED) is 0.843. The third-order valence-electron chi connectivity index (χ3n) is 3.53. The number of aliphatic hydroxyl groups excluding tert-OH is 1. The van der Waals surface area contributed by atoms with Crippen molar-refractivity contribution in [1.29, 1.82) is 0 Å². The fraction of sp³-hybridized carbons (Fsp3) is 0.571. The summed E-state index contributed by atoms with van der Waals surface area (Å²) in [6.45, 7) is 3.81. The molecule has 20 heavy (non-hydrogen) atoms. The van der Waals surface area contributed by atoms with Crippen LogP contribution in [0.3, 0.4) is 0 Å². The molecule has 0 atom stereocenters. The van der Waals surface area contributed by atoms with E-state index in [2.05, 4.69) is 9.88 Å². The molecule has 1 aliphatic heterocycles. The van der Waals surface area contributed by atoms with E-state index in [0.29, 0.717) is 32.5 Å². The second kappa shape index (κ2) is 7.31. The van der Waals surface area contributed by atoms with Crippen molar-refractivity contribution in [2.75, 3.05) is 39.3 Å². The van der Waals surface area contributed by atoms with Crippen molar-refractivity contribution in [3.8, 4) is 0 Å². The van der Waals surface area contributed by atoms with Crippen molar-refractivity contribution in [1.82, 2.24) is 14.8 Å². The average molecular weight is 281 g/mol. The van der Waals surface area contributed by atoms with E-state index in [4.69, 9.17) is 5.11 Å². The monoisotopic (exact) mass is 281 g/mol. The lowest BCUT2D eigenvalue weighted by Gasteiger charge is -2.34. The smallest absolute Gasteiger partial charge is 0.222 e. The van der Waals surface area contributed by atoms with Crippen LogP contribution in [0.5, 0.6) is 0 Å². The number of aryl methyl sites for hydroxylation is 1. The predicted molar refractivity (Wildman–Crippen MR) is 72.6 cm³/mol. The van der Waals surface area contributed by atoms with Gasteiger partial charge in [-0.15, -0.1) is 0 Å². The molecule has 1 N–H and O–H groups in total. The number of aromatic nitrogens is 1. The van der Waals surface area contributed by atoms with Crippen LogP contribution in [0.15, 0.2) is 18.5 Å². The van der Waals surface area contributed by atoms with Gasteiger partial charge in [0.1, 0.15) is 5.82 Å². The van der Waals surface area contributed by atoms with E-state index in [1.807, 2.05) is 4.90 Å². The van der Waals surface area contributed by atoms with Crippen LogP contribution in [0.1, 0.15) is 12.0 Å². The number of amides is 1. The number of aliphatic hydroxyl groups is 1. The van der Waals surface area contributed by atoms with Crippen LogP contribution in [0, 0.1) is 5.82 Å². The number of halogens is 1. The van der Waals surface area contributed by atoms with Gasteiger partial charge in [-0.25, -0.2) is 4.39 Å². The van der Waals surface area contributed by atoms with Gasteiger partial charge < -0.3 is 10.0 Å². The molecule has 0 radical (unpaired) electrons. The molecule has 2 rings (SSSR count). The van der Waals surface area contributed by atoms with Crippen molar-refractivity contribution in [3.05, 3.63) is 29.8 Å². The number of hydrogen-bond donors (Lipinski definition) is 1. The van der Waals surface area contributed by atoms with Gasteiger partial charge in [-0.2, -0.15) is 0 Å². The lowest BCUT2D eigenvalue weighted by molar-refractivity contribution is -0.132. The minimum absolute atomic E-state index is 0.0953. The van der Waals surface area contributed by atoms with Gasteiger partial charge in [0.15, 0.2) is 0 Å². The Bertz CT molecular complexity index is 448. The SMILES string of the molecule is O=C(CCc1cncc(F)c1)N1CCN(CCO)CC1. The van der Waals surface area contributed by atoms with Crippen LogP contribution >= 0.6 is 0 Å². The Labute approximate surface area is 118 Å². The zero-order chi connectivity index (χ0) is 14.4. The summed E-state index contributed by atoms with van der Waals surface area (Å²) in [5.74, 6) is -0.273. The Kier molecular flexibility index (Phi) is 5.43. The molecular formula is C14H20FN3O2. The van der Waals surface area contributed by atoms with Crippen molar-refractivity contribution in [2.45, 2.75) is 12.8 Å². The third kappa shape index (κ3) is 4.25. The normalized spacial score (nSPS) is 16.4. The third-order valence-corrected chi connectivity index (χ3v) is 3.53. The molecule has 0 aliphatic carbocycles. The number of carbonyl (C=O) groups excluding carboxylic acids is 1. The van der Waals surface area contributed by atoms with Crippen LogP contribution < -0.4 is 0 Å². The van der Waals surface area contributed by atoms with Gasteiger partial charge in [-0.1, -0.05) is 0 Å². The number of β-amino-alcohol motifs (C(OH)–C–C–N with tert-alkyl or cyclic N) is 1. The Hall–Kier alpha value is -1.53. The van der Waals surface area contributed by atoms with E-state index in [-0.39, 0.29) is 18.3 Å². The minimum atomic E-state index is -0.368. The summed E-state index contributed by atoms with van der Waals surface area (Å²) in [5, 5.41) is 8.87. The molecule has 110 valence electrons. The number of hydrogen-bond acceptors (Lipinski definition) is 4. The molecule has 0 saturated carbocycles. The molecule has 0 bridgehead atoms. The lowest BCUT2D eigenvalue weighted by Crippen LogP contribution is -2.49. The predicted octanol–water partition coefficient (Wildman–Crippen LogP) is 0.290. The highest BCUT2D eigenvalue weighted by Crippen LogP contribution is 2.08. The number of pyridine rings is 1. The molecule has 0 spiro atoms. The van der Waals surface area contributed by atoms with E-state index in [1.165, 1.54) is 6.07 Å². The molecule has 1 saturated heterocycles. The maximum absolute atomic E-state index is 13.0. The summed E-state index contributed by atoms with van der Waals surface area (Å²) in [7, 11) is 0. The molecule has 6 heteroatoms. The summed E-state index contributed by atoms with van der Waals surface area (Å²) in [6, 6.07) is 1.42. The summed E-state index contributed by atoms with van der Waals surface area (Å²) < 4.78 is 13.0. The van der Waals surface area contributed by atoms with E-state index >= 15 is 0 Å². The number of nitrogens with zero attached hydrogens (tertiary/aromatic N) is 3. The highest BCUT2D eigenvalue weighted by molar-refractivity contribution is 5.76. The summed E-state index contributed by atoms with van der Waals surface area (Å²) in [5.41, 5.74) is 0.747. The molecule has 1 aromatic rings.